The monoisotopic (exact) mass is 322 g/mol. The standard InChI is InChI=1S/C19H18N2O3/c1-13-6-8-15(9-7-13)24-11-10-20-19(23)17-12-14-4-2-3-5-16(14)18(22)21-17/h2-9,12H,10-11H2,1H3,(H,20,23)(H,21,22). The van der Waals surface area contributed by atoms with Crippen molar-refractivity contribution < 1.29 is 9.53 Å². The minimum atomic E-state index is -0.328. The van der Waals surface area contributed by atoms with Gasteiger partial charge in [-0.15, -0.1) is 0 Å². The van der Waals surface area contributed by atoms with E-state index in [0.29, 0.717) is 18.5 Å². The van der Waals surface area contributed by atoms with Gasteiger partial charge in [-0.2, -0.15) is 0 Å². The minimum absolute atomic E-state index is 0.244. The third-order valence-corrected chi connectivity index (χ3v) is 3.68. The third-order valence-electron chi connectivity index (χ3n) is 3.68. The topological polar surface area (TPSA) is 71.2 Å². The van der Waals surface area contributed by atoms with Crippen molar-refractivity contribution in [3.63, 3.8) is 0 Å². The predicted molar refractivity (Wildman–Crippen MR) is 93.6 cm³/mol. The fourth-order valence-electron chi connectivity index (χ4n) is 2.40. The van der Waals surface area contributed by atoms with E-state index in [1.54, 1.807) is 18.2 Å². The highest BCUT2D eigenvalue weighted by Gasteiger charge is 2.08. The fraction of sp³-hybridized carbons (Fsp3) is 0.158. The largest absolute Gasteiger partial charge is 0.492 e. The Bertz CT molecular complexity index is 914. The molecule has 0 aliphatic heterocycles. The van der Waals surface area contributed by atoms with Crippen LogP contribution in [0.1, 0.15) is 16.1 Å². The van der Waals surface area contributed by atoms with E-state index in [2.05, 4.69) is 10.3 Å². The van der Waals surface area contributed by atoms with E-state index in [4.69, 9.17) is 4.74 Å². The number of pyridine rings is 1. The summed E-state index contributed by atoms with van der Waals surface area (Å²) in [5, 5.41) is 4.04. The van der Waals surface area contributed by atoms with Crippen LogP contribution in [0.15, 0.2) is 59.4 Å². The van der Waals surface area contributed by atoms with Gasteiger partial charge >= 0.3 is 0 Å². The van der Waals surface area contributed by atoms with Gasteiger partial charge in [0.1, 0.15) is 18.1 Å². The fourth-order valence-corrected chi connectivity index (χ4v) is 2.40. The van der Waals surface area contributed by atoms with Crippen LogP contribution in [-0.2, 0) is 0 Å². The maximum Gasteiger partial charge on any atom is 0.267 e. The summed E-state index contributed by atoms with van der Waals surface area (Å²) in [4.78, 5) is 26.8. The lowest BCUT2D eigenvalue weighted by Gasteiger charge is -2.08. The molecule has 0 aliphatic rings. The van der Waals surface area contributed by atoms with Crippen LogP contribution in [0.25, 0.3) is 10.8 Å². The SMILES string of the molecule is Cc1ccc(OCCNC(=O)c2cc3ccccc3c(=O)[nH]2)cc1. The van der Waals surface area contributed by atoms with E-state index >= 15 is 0 Å². The maximum absolute atomic E-state index is 12.2. The quantitative estimate of drug-likeness (QED) is 0.709. The van der Waals surface area contributed by atoms with E-state index < -0.39 is 0 Å². The first-order chi connectivity index (χ1) is 11.6. The number of carbonyl (C=O) groups excluding carboxylic acids is 1. The number of fused-ring (bicyclic) bond motifs is 1. The molecule has 3 aromatic rings. The van der Waals surface area contributed by atoms with E-state index in [1.807, 2.05) is 43.3 Å². The summed E-state index contributed by atoms with van der Waals surface area (Å²) in [6, 6.07) is 16.5. The van der Waals surface area contributed by atoms with Gasteiger partial charge in [0.25, 0.3) is 11.5 Å². The molecule has 122 valence electrons. The molecule has 0 fully saturated rings. The molecule has 1 amide bonds. The normalized spacial score (nSPS) is 10.5. The van der Waals surface area contributed by atoms with Crippen LogP contribution < -0.4 is 15.6 Å². The summed E-state index contributed by atoms with van der Waals surface area (Å²) in [6.07, 6.45) is 0. The van der Waals surface area contributed by atoms with Gasteiger partial charge in [0.15, 0.2) is 0 Å². The van der Waals surface area contributed by atoms with Gasteiger partial charge in [-0.05, 0) is 36.6 Å². The van der Waals surface area contributed by atoms with Crippen molar-refractivity contribution in [3.8, 4) is 5.75 Å². The van der Waals surface area contributed by atoms with Crippen molar-refractivity contribution in [3.05, 3.63) is 76.2 Å². The first kappa shape index (κ1) is 15.8. The summed E-state index contributed by atoms with van der Waals surface area (Å²) in [6.45, 7) is 2.71. The Morgan fingerprint density at radius 1 is 1.12 bits per heavy atom. The molecule has 3 rings (SSSR count). The van der Waals surface area contributed by atoms with Crippen molar-refractivity contribution in [1.82, 2.24) is 10.3 Å². The molecular weight excluding hydrogens is 304 g/mol. The van der Waals surface area contributed by atoms with Crippen LogP contribution >= 0.6 is 0 Å². The van der Waals surface area contributed by atoms with Crippen molar-refractivity contribution in [1.29, 1.82) is 0 Å². The molecule has 2 N–H and O–H groups in total. The average molecular weight is 322 g/mol. The Labute approximate surface area is 139 Å². The molecule has 0 atom stereocenters. The first-order valence-corrected chi connectivity index (χ1v) is 7.73. The smallest absolute Gasteiger partial charge is 0.267 e. The Morgan fingerprint density at radius 3 is 2.67 bits per heavy atom. The molecule has 5 nitrogen and oxygen atoms in total. The number of ether oxygens (including phenoxy) is 1. The number of aromatic nitrogens is 1. The first-order valence-electron chi connectivity index (χ1n) is 7.73. The zero-order valence-electron chi connectivity index (χ0n) is 13.3. The van der Waals surface area contributed by atoms with Gasteiger partial charge in [-0.25, -0.2) is 0 Å². The number of carbonyl (C=O) groups is 1. The molecule has 0 spiro atoms. The highest BCUT2D eigenvalue weighted by atomic mass is 16.5. The number of nitrogens with one attached hydrogen (secondary N) is 2. The number of amides is 1. The lowest BCUT2D eigenvalue weighted by atomic mass is 10.1. The highest BCUT2D eigenvalue weighted by Crippen LogP contribution is 2.11. The number of benzene rings is 2. The number of hydrogen-bond donors (Lipinski definition) is 2. The second-order valence-corrected chi connectivity index (χ2v) is 5.52. The van der Waals surface area contributed by atoms with Gasteiger partial charge < -0.3 is 15.0 Å². The van der Waals surface area contributed by atoms with Crippen LogP contribution in [-0.4, -0.2) is 24.0 Å². The molecule has 0 unspecified atom stereocenters. The van der Waals surface area contributed by atoms with Crippen LogP contribution in [0.3, 0.4) is 0 Å². The molecule has 2 aromatic carbocycles. The molecule has 5 heteroatoms. The second-order valence-electron chi connectivity index (χ2n) is 5.52. The van der Waals surface area contributed by atoms with Crippen molar-refractivity contribution >= 4 is 16.7 Å². The summed E-state index contributed by atoms with van der Waals surface area (Å²) in [5.41, 5.74) is 1.14. The Kier molecular flexibility index (Phi) is 4.61. The molecule has 24 heavy (non-hydrogen) atoms. The number of H-pyrrole nitrogens is 1. The molecule has 0 radical (unpaired) electrons. The lowest BCUT2D eigenvalue weighted by Crippen LogP contribution is -2.30. The molecule has 1 heterocycles. The van der Waals surface area contributed by atoms with Gasteiger partial charge in [-0.1, -0.05) is 35.9 Å². The minimum Gasteiger partial charge on any atom is -0.492 e. The van der Waals surface area contributed by atoms with Gasteiger partial charge in [0.05, 0.1) is 6.54 Å². The number of hydrogen-bond acceptors (Lipinski definition) is 3. The Morgan fingerprint density at radius 2 is 1.88 bits per heavy atom. The predicted octanol–water partition coefficient (Wildman–Crippen LogP) is 2.65. The Hall–Kier alpha value is -3.08. The summed E-state index contributed by atoms with van der Waals surface area (Å²) in [7, 11) is 0. The van der Waals surface area contributed by atoms with E-state index in [-0.39, 0.29) is 17.2 Å². The molecular formula is C19H18N2O3. The van der Waals surface area contributed by atoms with Crippen LogP contribution in [0, 0.1) is 6.92 Å². The third kappa shape index (κ3) is 3.63. The van der Waals surface area contributed by atoms with Crippen molar-refractivity contribution in [2.45, 2.75) is 6.92 Å². The highest BCUT2D eigenvalue weighted by molar-refractivity contribution is 5.96. The Balaban J connectivity index is 1.59. The molecule has 0 bridgehead atoms. The van der Waals surface area contributed by atoms with Crippen molar-refractivity contribution in [2.24, 2.45) is 0 Å². The van der Waals surface area contributed by atoms with Crippen LogP contribution in [0.5, 0.6) is 5.75 Å². The molecule has 1 aromatic heterocycles. The van der Waals surface area contributed by atoms with E-state index in [0.717, 1.165) is 16.7 Å². The molecule has 0 aliphatic carbocycles. The second kappa shape index (κ2) is 7.00. The van der Waals surface area contributed by atoms with Crippen LogP contribution in [0.4, 0.5) is 0 Å². The molecule has 0 saturated carbocycles. The van der Waals surface area contributed by atoms with Gasteiger partial charge in [-0.3, -0.25) is 9.59 Å². The zero-order chi connectivity index (χ0) is 16.9. The van der Waals surface area contributed by atoms with E-state index in [1.165, 1.54) is 0 Å². The summed E-state index contributed by atoms with van der Waals surface area (Å²) >= 11 is 0. The number of aromatic amines is 1. The van der Waals surface area contributed by atoms with Crippen molar-refractivity contribution in [2.75, 3.05) is 13.2 Å². The average Bonchev–Trinajstić information content (AvgIpc) is 2.60. The zero-order valence-corrected chi connectivity index (χ0v) is 13.3. The summed E-state index contributed by atoms with van der Waals surface area (Å²) in [5.74, 6) is 0.430. The summed E-state index contributed by atoms with van der Waals surface area (Å²) < 4.78 is 5.55. The number of rotatable bonds is 5. The van der Waals surface area contributed by atoms with Gasteiger partial charge in [0, 0.05) is 5.39 Å². The number of aryl methyl sites for hydroxylation is 1. The van der Waals surface area contributed by atoms with Gasteiger partial charge in [0.2, 0.25) is 0 Å². The van der Waals surface area contributed by atoms with Crippen LogP contribution in [0.2, 0.25) is 0 Å². The molecule has 0 saturated heterocycles. The lowest BCUT2D eigenvalue weighted by molar-refractivity contribution is 0.0942. The maximum atomic E-state index is 12.2. The van der Waals surface area contributed by atoms with E-state index in [9.17, 15) is 9.59 Å².